The van der Waals surface area contributed by atoms with Gasteiger partial charge in [-0.3, -0.25) is 4.90 Å². The molecule has 0 spiro atoms. The Morgan fingerprint density at radius 1 is 1.15 bits per heavy atom. The van der Waals surface area contributed by atoms with Gasteiger partial charge in [0.05, 0.1) is 13.0 Å². The zero-order valence-electron chi connectivity index (χ0n) is 15.6. The maximum atomic E-state index is 12.9. The van der Waals surface area contributed by atoms with Crippen LogP contribution in [0.4, 0.5) is 10.5 Å². The van der Waals surface area contributed by atoms with E-state index in [1.165, 1.54) is 18.0 Å². The second-order valence-electron chi connectivity index (χ2n) is 6.57. The second kappa shape index (κ2) is 8.03. The predicted molar refractivity (Wildman–Crippen MR) is 108 cm³/mol. The highest BCUT2D eigenvalue weighted by atomic mass is 16.5. The van der Waals surface area contributed by atoms with Crippen LogP contribution in [0.3, 0.4) is 0 Å². The summed E-state index contributed by atoms with van der Waals surface area (Å²) in [4.78, 5) is 16.5. The van der Waals surface area contributed by atoms with Crippen molar-refractivity contribution >= 4 is 24.1 Å². The number of amides is 2. The molecule has 0 saturated carbocycles. The van der Waals surface area contributed by atoms with Crippen LogP contribution in [0.25, 0.3) is 0 Å². The number of carbonyl (C=O) groups is 1. The smallest absolute Gasteiger partial charge is 0.324 e. The summed E-state index contributed by atoms with van der Waals surface area (Å²) in [6, 6.07) is 13.6. The molecule has 6 nitrogen and oxygen atoms in total. The lowest BCUT2D eigenvalue weighted by Crippen LogP contribution is -2.31. The van der Waals surface area contributed by atoms with Crippen molar-refractivity contribution in [2.24, 2.45) is 0 Å². The first kappa shape index (κ1) is 18.6. The molecule has 1 aliphatic rings. The fourth-order valence-electron chi connectivity index (χ4n) is 3.33. The highest BCUT2D eigenvalue weighted by Gasteiger charge is 2.30. The SMILES string of the molecule is COc1cc(N2CCN(Cc3ccccc3C)C2=O)ccc1C(C=N)C=N. The van der Waals surface area contributed by atoms with Crippen molar-refractivity contribution < 1.29 is 9.53 Å². The number of anilines is 1. The second-order valence-corrected chi connectivity index (χ2v) is 6.57. The van der Waals surface area contributed by atoms with E-state index in [2.05, 4.69) is 19.1 Å². The average molecular weight is 364 g/mol. The van der Waals surface area contributed by atoms with E-state index in [0.717, 1.165) is 16.8 Å². The molecule has 1 heterocycles. The molecule has 1 fully saturated rings. The number of rotatable bonds is 7. The third kappa shape index (κ3) is 3.69. The standard InChI is InChI=1S/C21H24N4O2/c1-15-5-3-4-6-16(15)14-24-9-10-25(21(24)26)18-7-8-19(17(12-22)13-23)20(11-18)27-2/h3-8,11-13,17,22-23H,9-10,14H2,1-2H3. The van der Waals surface area contributed by atoms with Gasteiger partial charge in [-0.05, 0) is 24.1 Å². The van der Waals surface area contributed by atoms with Gasteiger partial charge in [0.25, 0.3) is 0 Å². The number of benzene rings is 2. The monoisotopic (exact) mass is 364 g/mol. The van der Waals surface area contributed by atoms with Crippen molar-refractivity contribution in [2.45, 2.75) is 19.4 Å². The molecule has 0 unspecified atom stereocenters. The Bertz CT molecular complexity index is 857. The number of hydrogen-bond donors (Lipinski definition) is 2. The number of aryl methyl sites for hydroxylation is 1. The fourth-order valence-corrected chi connectivity index (χ4v) is 3.33. The van der Waals surface area contributed by atoms with Crippen molar-refractivity contribution in [3.05, 3.63) is 59.2 Å². The van der Waals surface area contributed by atoms with Gasteiger partial charge in [0.15, 0.2) is 0 Å². The van der Waals surface area contributed by atoms with Crippen LogP contribution in [-0.4, -0.2) is 43.6 Å². The Morgan fingerprint density at radius 2 is 1.89 bits per heavy atom. The molecular weight excluding hydrogens is 340 g/mol. The first-order valence-corrected chi connectivity index (χ1v) is 8.89. The zero-order valence-corrected chi connectivity index (χ0v) is 15.6. The van der Waals surface area contributed by atoms with Crippen LogP contribution >= 0.6 is 0 Å². The van der Waals surface area contributed by atoms with Crippen LogP contribution in [0, 0.1) is 17.7 Å². The molecule has 1 saturated heterocycles. The summed E-state index contributed by atoms with van der Waals surface area (Å²) in [6.07, 6.45) is 2.41. The van der Waals surface area contributed by atoms with E-state index >= 15 is 0 Å². The minimum absolute atomic E-state index is 0.0243. The fraction of sp³-hybridized carbons (Fsp3) is 0.286. The van der Waals surface area contributed by atoms with Crippen molar-refractivity contribution in [3.63, 3.8) is 0 Å². The van der Waals surface area contributed by atoms with E-state index < -0.39 is 5.92 Å². The largest absolute Gasteiger partial charge is 0.496 e. The van der Waals surface area contributed by atoms with Gasteiger partial charge < -0.3 is 20.5 Å². The predicted octanol–water partition coefficient (Wildman–Crippen LogP) is 3.83. The van der Waals surface area contributed by atoms with Gasteiger partial charge in [0.1, 0.15) is 5.75 Å². The maximum absolute atomic E-state index is 12.9. The van der Waals surface area contributed by atoms with Gasteiger partial charge in [-0.2, -0.15) is 0 Å². The summed E-state index contributed by atoms with van der Waals surface area (Å²) in [7, 11) is 1.56. The molecule has 0 atom stereocenters. The number of nitrogens with one attached hydrogen (secondary N) is 2. The molecule has 2 aromatic carbocycles. The Hall–Kier alpha value is -3.15. The molecule has 3 rings (SSSR count). The van der Waals surface area contributed by atoms with Crippen LogP contribution in [-0.2, 0) is 6.54 Å². The lowest BCUT2D eigenvalue weighted by atomic mass is 10.00. The molecule has 140 valence electrons. The van der Waals surface area contributed by atoms with Gasteiger partial charge in [-0.1, -0.05) is 30.3 Å². The Labute approximate surface area is 159 Å². The molecule has 0 aliphatic carbocycles. The molecule has 1 aliphatic heterocycles. The van der Waals surface area contributed by atoms with E-state index in [0.29, 0.717) is 25.4 Å². The topological polar surface area (TPSA) is 80.5 Å². The molecule has 2 N–H and O–H groups in total. The molecule has 2 aromatic rings. The van der Waals surface area contributed by atoms with E-state index in [4.69, 9.17) is 15.6 Å². The summed E-state index contributed by atoms with van der Waals surface area (Å²) >= 11 is 0. The lowest BCUT2D eigenvalue weighted by Gasteiger charge is -2.21. The van der Waals surface area contributed by atoms with Gasteiger partial charge >= 0.3 is 6.03 Å². The van der Waals surface area contributed by atoms with Gasteiger partial charge in [-0.25, -0.2) is 4.79 Å². The molecule has 0 aromatic heterocycles. The summed E-state index contributed by atoms with van der Waals surface area (Å²) < 4.78 is 5.45. The first-order valence-electron chi connectivity index (χ1n) is 8.89. The highest BCUT2D eigenvalue weighted by molar-refractivity contribution is 5.95. The van der Waals surface area contributed by atoms with Crippen LogP contribution < -0.4 is 9.64 Å². The number of ether oxygens (including phenoxy) is 1. The average Bonchev–Trinajstić information content (AvgIpc) is 3.05. The summed E-state index contributed by atoms with van der Waals surface area (Å²) in [5.41, 5.74) is 3.84. The first-order chi connectivity index (χ1) is 13.1. The maximum Gasteiger partial charge on any atom is 0.324 e. The van der Waals surface area contributed by atoms with Crippen LogP contribution in [0.2, 0.25) is 0 Å². The lowest BCUT2D eigenvalue weighted by molar-refractivity contribution is 0.218. The van der Waals surface area contributed by atoms with E-state index in [-0.39, 0.29) is 6.03 Å². The number of methoxy groups -OCH3 is 1. The van der Waals surface area contributed by atoms with Gasteiger partial charge in [0, 0.05) is 49.4 Å². The number of hydrogen-bond acceptors (Lipinski definition) is 4. The van der Waals surface area contributed by atoms with E-state index in [9.17, 15) is 4.79 Å². The summed E-state index contributed by atoms with van der Waals surface area (Å²) in [5, 5.41) is 14.9. The zero-order chi connectivity index (χ0) is 19.4. The minimum atomic E-state index is -0.430. The van der Waals surface area contributed by atoms with Crippen molar-refractivity contribution in [1.29, 1.82) is 10.8 Å². The van der Waals surface area contributed by atoms with Crippen LogP contribution in [0.1, 0.15) is 22.6 Å². The quantitative estimate of drug-likeness (QED) is 0.732. The van der Waals surface area contributed by atoms with Gasteiger partial charge in [-0.15, -0.1) is 0 Å². The Morgan fingerprint density at radius 3 is 2.56 bits per heavy atom. The molecular formula is C21H24N4O2. The van der Waals surface area contributed by atoms with E-state index in [1.807, 2.05) is 35.2 Å². The number of carbonyl (C=O) groups excluding carboxylic acids is 1. The molecule has 6 heteroatoms. The van der Waals surface area contributed by atoms with Crippen molar-refractivity contribution in [2.75, 3.05) is 25.1 Å². The summed E-state index contributed by atoms with van der Waals surface area (Å²) in [6.45, 7) is 3.94. The Kier molecular flexibility index (Phi) is 5.54. The third-order valence-corrected chi connectivity index (χ3v) is 4.96. The van der Waals surface area contributed by atoms with Crippen LogP contribution in [0.15, 0.2) is 42.5 Å². The number of nitrogens with zero attached hydrogens (tertiary/aromatic N) is 2. The van der Waals surface area contributed by atoms with Crippen molar-refractivity contribution in [3.8, 4) is 5.75 Å². The number of urea groups is 1. The molecule has 27 heavy (non-hydrogen) atoms. The Balaban J connectivity index is 1.81. The highest BCUT2D eigenvalue weighted by Crippen LogP contribution is 2.31. The summed E-state index contributed by atoms with van der Waals surface area (Å²) in [5.74, 6) is 0.149. The van der Waals surface area contributed by atoms with Gasteiger partial charge in [0.2, 0.25) is 0 Å². The molecule has 2 amide bonds. The van der Waals surface area contributed by atoms with Crippen molar-refractivity contribution in [1.82, 2.24) is 4.90 Å². The van der Waals surface area contributed by atoms with Crippen LogP contribution in [0.5, 0.6) is 5.75 Å². The molecule has 0 radical (unpaired) electrons. The minimum Gasteiger partial charge on any atom is -0.496 e. The third-order valence-electron chi connectivity index (χ3n) is 4.96. The van der Waals surface area contributed by atoms with E-state index in [1.54, 1.807) is 12.0 Å². The normalized spacial score (nSPS) is 15.0. The molecule has 0 bridgehead atoms.